The minimum Gasteiger partial charge on any atom is -0.314 e. The predicted molar refractivity (Wildman–Crippen MR) is 67.1 cm³/mol. The van der Waals surface area contributed by atoms with Gasteiger partial charge in [0.2, 0.25) is 5.92 Å². The Kier molecular flexibility index (Phi) is 5.91. The van der Waals surface area contributed by atoms with Gasteiger partial charge in [0.1, 0.15) is 0 Å². The van der Waals surface area contributed by atoms with Crippen LogP contribution in [0.4, 0.5) is 8.78 Å². The molecule has 1 aliphatic rings. The maximum atomic E-state index is 13.2. The third-order valence-corrected chi connectivity index (χ3v) is 3.42. The van der Waals surface area contributed by atoms with E-state index < -0.39 is 5.92 Å². The fourth-order valence-electron chi connectivity index (χ4n) is 2.51. The van der Waals surface area contributed by atoms with E-state index >= 15 is 0 Å². The van der Waals surface area contributed by atoms with E-state index in [2.05, 4.69) is 24.1 Å². The molecule has 1 nitrogen and oxygen atoms in total. The fourth-order valence-corrected chi connectivity index (χ4v) is 2.51. The van der Waals surface area contributed by atoms with Crippen molar-refractivity contribution >= 4 is 0 Å². The molecular formula is C14H23F2N. The molecule has 0 spiro atoms. The van der Waals surface area contributed by atoms with Crippen LogP contribution in [0.25, 0.3) is 0 Å². The lowest BCUT2D eigenvalue weighted by molar-refractivity contribution is 0.00318. The van der Waals surface area contributed by atoms with E-state index in [0.717, 1.165) is 25.8 Å². The van der Waals surface area contributed by atoms with Crippen LogP contribution in [0.2, 0.25) is 0 Å². The molecule has 0 heterocycles. The van der Waals surface area contributed by atoms with Crippen LogP contribution in [0.1, 0.15) is 52.4 Å². The smallest absolute Gasteiger partial charge is 0.248 e. The van der Waals surface area contributed by atoms with Crippen molar-refractivity contribution in [3.63, 3.8) is 0 Å². The van der Waals surface area contributed by atoms with Gasteiger partial charge in [0.05, 0.1) is 0 Å². The summed E-state index contributed by atoms with van der Waals surface area (Å²) < 4.78 is 26.4. The molecule has 0 radical (unpaired) electrons. The topological polar surface area (TPSA) is 12.0 Å². The first-order chi connectivity index (χ1) is 8.09. The van der Waals surface area contributed by atoms with Gasteiger partial charge in [-0.3, -0.25) is 0 Å². The van der Waals surface area contributed by atoms with Gasteiger partial charge in [-0.15, -0.1) is 11.8 Å². The van der Waals surface area contributed by atoms with Crippen molar-refractivity contribution in [2.24, 2.45) is 5.92 Å². The minimum atomic E-state index is -2.44. The van der Waals surface area contributed by atoms with Crippen LogP contribution in [0, 0.1) is 17.8 Å². The number of hydrogen-bond acceptors (Lipinski definition) is 1. The molecule has 0 amide bonds. The van der Waals surface area contributed by atoms with Crippen molar-refractivity contribution < 1.29 is 8.78 Å². The normalized spacial score (nSPS) is 24.1. The van der Waals surface area contributed by atoms with E-state index in [1.807, 2.05) is 6.92 Å². The van der Waals surface area contributed by atoms with Crippen LogP contribution in [0.5, 0.6) is 0 Å². The lowest BCUT2D eigenvalue weighted by Gasteiger charge is -2.24. The van der Waals surface area contributed by atoms with E-state index in [1.165, 1.54) is 0 Å². The van der Waals surface area contributed by atoms with Crippen LogP contribution in [-0.2, 0) is 0 Å². The Balaban J connectivity index is 2.46. The molecule has 2 unspecified atom stereocenters. The van der Waals surface area contributed by atoms with E-state index in [0.29, 0.717) is 6.42 Å². The molecule has 2 atom stereocenters. The van der Waals surface area contributed by atoms with Crippen molar-refractivity contribution in [3.05, 3.63) is 0 Å². The second-order valence-electron chi connectivity index (χ2n) is 4.88. The van der Waals surface area contributed by atoms with Gasteiger partial charge in [-0.25, -0.2) is 8.78 Å². The second-order valence-corrected chi connectivity index (χ2v) is 4.88. The minimum absolute atomic E-state index is 0.0495. The average molecular weight is 243 g/mol. The first-order valence-corrected chi connectivity index (χ1v) is 6.60. The van der Waals surface area contributed by atoms with Crippen molar-refractivity contribution in [2.45, 2.75) is 64.3 Å². The van der Waals surface area contributed by atoms with Crippen LogP contribution >= 0.6 is 0 Å². The molecule has 0 aromatic carbocycles. The molecular weight excluding hydrogens is 220 g/mol. The van der Waals surface area contributed by atoms with Crippen molar-refractivity contribution in [1.29, 1.82) is 0 Å². The zero-order chi connectivity index (χ0) is 12.7. The first-order valence-electron chi connectivity index (χ1n) is 6.60. The van der Waals surface area contributed by atoms with Gasteiger partial charge in [-0.1, -0.05) is 6.92 Å². The van der Waals surface area contributed by atoms with Crippen LogP contribution in [0.3, 0.4) is 0 Å². The maximum Gasteiger partial charge on any atom is 0.248 e. The van der Waals surface area contributed by atoms with Crippen molar-refractivity contribution in [2.75, 3.05) is 6.54 Å². The molecule has 1 N–H and O–H groups in total. The van der Waals surface area contributed by atoms with Crippen LogP contribution < -0.4 is 5.32 Å². The summed E-state index contributed by atoms with van der Waals surface area (Å²) in [7, 11) is 0. The Morgan fingerprint density at radius 1 is 1.47 bits per heavy atom. The highest BCUT2D eigenvalue weighted by Crippen LogP contribution is 2.41. The molecule has 1 fully saturated rings. The molecule has 0 saturated heterocycles. The molecule has 0 aromatic rings. The van der Waals surface area contributed by atoms with Gasteiger partial charge in [-0.2, -0.15) is 0 Å². The number of hydrogen-bond donors (Lipinski definition) is 1. The SMILES string of the molecule is CC#CCCC(NCCC)C1CCC(F)(F)C1. The van der Waals surface area contributed by atoms with Gasteiger partial charge in [0.15, 0.2) is 0 Å². The molecule has 17 heavy (non-hydrogen) atoms. The molecule has 1 aliphatic carbocycles. The fraction of sp³-hybridized carbons (Fsp3) is 0.857. The third kappa shape index (κ3) is 5.04. The molecule has 1 saturated carbocycles. The summed E-state index contributed by atoms with van der Waals surface area (Å²) in [6.07, 6.45) is 3.49. The summed E-state index contributed by atoms with van der Waals surface area (Å²) in [5.41, 5.74) is 0. The molecule has 0 aromatic heterocycles. The third-order valence-electron chi connectivity index (χ3n) is 3.42. The summed E-state index contributed by atoms with van der Waals surface area (Å²) >= 11 is 0. The molecule has 1 rings (SSSR count). The highest BCUT2D eigenvalue weighted by atomic mass is 19.3. The van der Waals surface area contributed by atoms with E-state index in [1.54, 1.807) is 0 Å². The summed E-state index contributed by atoms with van der Waals surface area (Å²) in [6.45, 7) is 4.82. The second kappa shape index (κ2) is 6.96. The highest BCUT2D eigenvalue weighted by Gasteiger charge is 2.41. The zero-order valence-electron chi connectivity index (χ0n) is 10.9. The summed E-state index contributed by atoms with van der Waals surface area (Å²) in [5, 5.41) is 3.41. The van der Waals surface area contributed by atoms with Gasteiger partial charge in [0, 0.05) is 25.3 Å². The van der Waals surface area contributed by atoms with Gasteiger partial charge >= 0.3 is 0 Å². The molecule has 0 aliphatic heterocycles. The lowest BCUT2D eigenvalue weighted by Crippen LogP contribution is -2.36. The molecule has 98 valence electrons. The first kappa shape index (κ1) is 14.4. The lowest BCUT2D eigenvalue weighted by atomic mass is 9.94. The number of alkyl halides is 2. The number of nitrogens with one attached hydrogen (secondary N) is 1. The Bertz CT molecular complexity index is 278. The van der Waals surface area contributed by atoms with Gasteiger partial charge < -0.3 is 5.32 Å². The Morgan fingerprint density at radius 2 is 2.24 bits per heavy atom. The Labute approximate surface area is 103 Å². The standard InChI is InChI=1S/C14H23F2N/c1-3-5-6-7-13(17-10-4-2)12-8-9-14(15,16)11-12/h12-13,17H,4,6-11H2,1-2H3. The van der Waals surface area contributed by atoms with E-state index in [4.69, 9.17) is 0 Å². The van der Waals surface area contributed by atoms with Crippen molar-refractivity contribution in [1.82, 2.24) is 5.32 Å². The molecule has 0 bridgehead atoms. The summed E-state index contributed by atoms with van der Waals surface area (Å²) in [5.74, 6) is 3.57. The zero-order valence-corrected chi connectivity index (χ0v) is 10.9. The van der Waals surface area contributed by atoms with E-state index in [9.17, 15) is 8.78 Å². The van der Waals surface area contributed by atoms with Gasteiger partial charge in [-0.05, 0) is 38.6 Å². The number of rotatable bonds is 6. The molecule has 3 heteroatoms. The Morgan fingerprint density at radius 3 is 2.76 bits per heavy atom. The maximum absolute atomic E-state index is 13.2. The Hall–Kier alpha value is -0.620. The predicted octanol–water partition coefficient (Wildman–Crippen LogP) is 3.59. The quantitative estimate of drug-likeness (QED) is 0.703. The van der Waals surface area contributed by atoms with E-state index in [-0.39, 0.29) is 24.8 Å². The highest BCUT2D eigenvalue weighted by molar-refractivity contribution is 4.97. The van der Waals surface area contributed by atoms with Crippen LogP contribution in [0.15, 0.2) is 0 Å². The average Bonchev–Trinajstić information content (AvgIpc) is 2.64. The van der Waals surface area contributed by atoms with Crippen LogP contribution in [-0.4, -0.2) is 18.5 Å². The van der Waals surface area contributed by atoms with Gasteiger partial charge in [0.25, 0.3) is 0 Å². The largest absolute Gasteiger partial charge is 0.314 e. The monoisotopic (exact) mass is 243 g/mol. The summed E-state index contributed by atoms with van der Waals surface area (Å²) in [4.78, 5) is 0. The van der Waals surface area contributed by atoms with Crippen molar-refractivity contribution in [3.8, 4) is 11.8 Å². The summed E-state index contributed by atoms with van der Waals surface area (Å²) in [6, 6.07) is 0.212. The number of halogens is 2.